The van der Waals surface area contributed by atoms with Gasteiger partial charge in [0.05, 0.1) is 11.8 Å². The van der Waals surface area contributed by atoms with E-state index in [1.54, 1.807) is 22.9 Å². The van der Waals surface area contributed by atoms with Crippen LogP contribution in [0.25, 0.3) is 0 Å². The zero-order chi connectivity index (χ0) is 26.7. The van der Waals surface area contributed by atoms with Gasteiger partial charge in [0, 0.05) is 31.0 Å². The number of hydrogen-bond acceptors (Lipinski definition) is 7. The summed E-state index contributed by atoms with van der Waals surface area (Å²) in [6.07, 6.45) is 2.89. The first kappa shape index (κ1) is 25.8. The molecule has 2 aromatic heterocycles. The molecule has 0 aliphatic carbocycles. The monoisotopic (exact) mass is 531 g/mol. The van der Waals surface area contributed by atoms with Crippen molar-refractivity contribution in [1.82, 2.24) is 14.5 Å². The lowest BCUT2D eigenvalue weighted by Crippen LogP contribution is -2.34. The van der Waals surface area contributed by atoms with Gasteiger partial charge in [0.1, 0.15) is 30.5 Å². The van der Waals surface area contributed by atoms with Gasteiger partial charge in [-0.2, -0.15) is 13.2 Å². The van der Waals surface area contributed by atoms with Crippen LogP contribution >= 0.6 is 0 Å². The Morgan fingerprint density at radius 3 is 2.50 bits per heavy atom. The maximum absolute atomic E-state index is 12.7. The molecule has 3 aromatic rings. The van der Waals surface area contributed by atoms with Gasteiger partial charge >= 0.3 is 18.0 Å². The van der Waals surface area contributed by atoms with Crippen LogP contribution in [0, 0.1) is 16.0 Å². The number of nitro groups is 1. The molecule has 38 heavy (non-hydrogen) atoms. The minimum absolute atomic E-state index is 0.229. The van der Waals surface area contributed by atoms with Gasteiger partial charge in [-0.3, -0.25) is 4.57 Å². The number of hydrogen-bond donors (Lipinski definition) is 0. The summed E-state index contributed by atoms with van der Waals surface area (Å²) < 4.78 is 51.4. The van der Waals surface area contributed by atoms with Gasteiger partial charge in [-0.25, -0.2) is 4.98 Å². The van der Waals surface area contributed by atoms with Crippen LogP contribution in [-0.2, 0) is 19.1 Å². The third-order valence-electron chi connectivity index (χ3n) is 7.10. The second-order valence-electron chi connectivity index (χ2n) is 9.69. The summed E-state index contributed by atoms with van der Waals surface area (Å²) in [6, 6.07) is 9.49. The fraction of sp³-hybridized carbons (Fsp3) is 0.462. The normalized spacial score (nSPS) is 18.1. The number of aryl methyl sites for hydroxylation is 2. The highest BCUT2D eigenvalue weighted by Gasteiger charge is 2.30. The summed E-state index contributed by atoms with van der Waals surface area (Å²) in [5, 5.41) is 10.9. The molecule has 202 valence electrons. The van der Waals surface area contributed by atoms with E-state index >= 15 is 0 Å². The number of anilines is 1. The largest absolute Gasteiger partial charge is 0.488 e. The Morgan fingerprint density at radius 1 is 1.08 bits per heavy atom. The first-order chi connectivity index (χ1) is 18.2. The van der Waals surface area contributed by atoms with Crippen LogP contribution in [-0.4, -0.2) is 45.3 Å². The van der Waals surface area contributed by atoms with Crippen molar-refractivity contribution < 1.29 is 27.6 Å². The average Bonchev–Trinajstić information content (AvgIpc) is 3.35. The molecule has 0 bridgehead atoms. The van der Waals surface area contributed by atoms with Crippen molar-refractivity contribution in [2.24, 2.45) is 5.92 Å². The molecular weight excluding hydrogens is 503 g/mol. The number of ether oxygens (including phenoxy) is 2. The van der Waals surface area contributed by atoms with E-state index in [1.165, 1.54) is 6.20 Å². The lowest BCUT2D eigenvalue weighted by Gasteiger charge is -2.33. The molecule has 1 fully saturated rings. The lowest BCUT2D eigenvalue weighted by atomic mass is 9.90. The van der Waals surface area contributed by atoms with Gasteiger partial charge in [-0.15, -0.1) is 0 Å². The number of aromatic nitrogens is 3. The predicted octanol–water partition coefficient (Wildman–Crippen LogP) is 5.28. The molecule has 2 aliphatic rings. The zero-order valence-corrected chi connectivity index (χ0v) is 20.6. The van der Waals surface area contributed by atoms with E-state index in [0.29, 0.717) is 24.6 Å². The molecule has 4 heterocycles. The average molecular weight is 532 g/mol. The molecule has 12 heteroatoms. The highest BCUT2D eigenvalue weighted by molar-refractivity contribution is 5.41. The summed E-state index contributed by atoms with van der Waals surface area (Å²) in [5.74, 6) is 1.79. The number of benzene rings is 1. The van der Waals surface area contributed by atoms with Crippen LogP contribution in [0.3, 0.4) is 0 Å². The van der Waals surface area contributed by atoms with Gasteiger partial charge in [0.25, 0.3) is 0 Å². The van der Waals surface area contributed by atoms with Crippen molar-refractivity contribution in [2.75, 3.05) is 24.6 Å². The van der Waals surface area contributed by atoms with E-state index in [-0.39, 0.29) is 24.5 Å². The minimum atomic E-state index is -4.30. The van der Waals surface area contributed by atoms with E-state index in [1.807, 2.05) is 12.1 Å². The third-order valence-corrected chi connectivity index (χ3v) is 7.10. The summed E-state index contributed by atoms with van der Waals surface area (Å²) in [7, 11) is 0. The number of piperidine rings is 1. The second kappa shape index (κ2) is 10.9. The number of pyridine rings is 1. The summed E-state index contributed by atoms with van der Waals surface area (Å²) in [5.41, 5.74) is 0.324. The number of imidazole rings is 1. The van der Waals surface area contributed by atoms with Crippen LogP contribution in [0.5, 0.6) is 11.8 Å². The molecule has 0 radical (unpaired) electrons. The Labute approximate surface area is 217 Å². The second-order valence-corrected chi connectivity index (χ2v) is 9.69. The maximum Gasteiger partial charge on any atom is 0.416 e. The van der Waals surface area contributed by atoms with Gasteiger partial charge in [0.2, 0.25) is 0 Å². The third kappa shape index (κ3) is 6.17. The molecule has 5 rings (SSSR count). The number of alkyl halides is 3. The van der Waals surface area contributed by atoms with Crippen LogP contribution in [0.2, 0.25) is 0 Å². The van der Waals surface area contributed by atoms with E-state index in [4.69, 9.17) is 9.47 Å². The minimum Gasteiger partial charge on any atom is -0.488 e. The number of nitrogens with zero attached hydrogens (tertiary/aromatic N) is 5. The summed E-state index contributed by atoms with van der Waals surface area (Å²) in [4.78, 5) is 21.0. The maximum atomic E-state index is 12.7. The Hall–Kier alpha value is -3.83. The van der Waals surface area contributed by atoms with Crippen molar-refractivity contribution in [3.63, 3.8) is 0 Å². The van der Waals surface area contributed by atoms with Gasteiger partial charge < -0.3 is 24.5 Å². The van der Waals surface area contributed by atoms with Crippen molar-refractivity contribution in [2.45, 2.75) is 50.9 Å². The molecule has 2 aliphatic heterocycles. The summed E-state index contributed by atoms with van der Waals surface area (Å²) >= 11 is 0. The molecule has 9 nitrogen and oxygen atoms in total. The zero-order valence-electron chi connectivity index (χ0n) is 20.6. The predicted molar refractivity (Wildman–Crippen MR) is 132 cm³/mol. The molecule has 0 saturated carbocycles. The molecule has 1 saturated heterocycles. The lowest BCUT2D eigenvalue weighted by molar-refractivity contribution is -0.389. The van der Waals surface area contributed by atoms with E-state index in [9.17, 15) is 23.3 Å². The molecular formula is C26H28F3N5O4. The van der Waals surface area contributed by atoms with Crippen LogP contribution in [0.4, 0.5) is 24.8 Å². The van der Waals surface area contributed by atoms with Crippen molar-refractivity contribution in [3.8, 4) is 11.8 Å². The Bertz CT molecular complexity index is 1240. The van der Waals surface area contributed by atoms with Crippen molar-refractivity contribution >= 4 is 11.6 Å². The van der Waals surface area contributed by atoms with E-state index in [2.05, 4.69) is 14.9 Å². The Kier molecular flexibility index (Phi) is 7.39. The van der Waals surface area contributed by atoms with Gasteiger partial charge in [-0.05, 0) is 66.4 Å². The number of halogens is 3. The fourth-order valence-corrected chi connectivity index (χ4v) is 4.85. The van der Waals surface area contributed by atoms with E-state index in [0.717, 1.165) is 62.3 Å². The first-order valence-electron chi connectivity index (χ1n) is 12.6. The molecule has 1 aromatic carbocycles. The van der Waals surface area contributed by atoms with Gasteiger partial charge in [-0.1, -0.05) is 12.1 Å². The summed E-state index contributed by atoms with van der Waals surface area (Å²) in [6.45, 7) is 2.60. The van der Waals surface area contributed by atoms with Crippen molar-refractivity contribution in [3.05, 3.63) is 70.0 Å². The standard InChI is InChI=1S/C26H28F3N5O4/c27-26(28,29)20-5-3-18(4-6-20)1-2-19-9-12-32(13-10-19)23-8-7-21(15-30-23)37-17-22-11-14-33-16-24(34(35)36)31-25(33)38-22/h3-8,15-16,19,22H,1-2,9-14,17H2/t22-/m1/s1. The SMILES string of the molecule is O=[N+]([O-])c1cn2c(n1)O[C@@H](COc1ccc(N3CCC(CCc4ccc(C(F)(F)F)cc4)CC3)nc1)CC2. The quantitative estimate of drug-likeness (QED) is 0.288. The van der Waals surface area contributed by atoms with Crippen LogP contribution in [0.15, 0.2) is 48.8 Å². The van der Waals surface area contributed by atoms with Gasteiger partial charge in [0.15, 0.2) is 0 Å². The Balaban J connectivity index is 1.04. The molecule has 0 amide bonds. The molecule has 0 N–H and O–H groups in total. The number of fused-ring (bicyclic) bond motifs is 1. The molecule has 0 spiro atoms. The van der Waals surface area contributed by atoms with E-state index < -0.39 is 16.7 Å². The highest BCUT2D eigenvalue weighted by Crippen LogP contribution is 2.30. The molecule has 0 unspecified atom stereocenters. The first-order valence-corrected chi connectivity index (χ1v) is 12.6. The van der Waals surface area contributed by atoms with Crippen LogP contribution in [0.1, 0.15) is 36.8 Å². The number of rotatable bonds is 8. The smallest absolute Gasteiger partial charge is 0.416 e. The fourth-order valence-electron chi connectivity index (χ4n) is 4.85. The highest BCUT2D eigenvalue weighted by atomic mass is 19.4. The molecule has 1 atom stereocenters. The topological polar surface area (TPSA) is 95.5 Å². The van der Waals surface area contributed by atoms with Crippen LogP contribution < -0.4 is 14.4 Å². The van der Waals surface area contributed by atoms with Crippen molar-refractivity contribution in [1.29, 1.82) is 0 Å². The Morgan fingerprint density at radius 2 is 1.84 bits per heavy atom.